The first-order valence-corrected chi connectivity index (χ1v) is 5.90. The van der Waals surface area contributed by atoms with Gasteiger partial charge >= 0.3 is 5.97 Å². The number of aliphatic carboxylic acids is 1. The van der Waals surface area contributed by atoms with Crippen molar-refractivity contribution < 1.29 is 9.90 Å². The van der Waals surface area contributed by atoms with E-state index in [4.69, 9.17) is 5.11 Å². The van der Waals surface area contributed by atoms with Gasteiger partial charge in [0.15, 0.2) is 0 Å². The predicted molar refractivity (Wildman–Crippen MR) is 58.8 cm³/mol. The maximum Gasteiger partial charge on any atom is 0.311 e. The lowest BCUT2D eigenvalue weighted by Gasteiger charge is -2.09. The second kappa shape index (κ2) is 5.81. The lowest BCUT2D eigenvalue weighted by Crippen LogP contribution is -2.10. The second-order valence-corrected chi connectivity index (χ2v) is 4.38. The van der Waals surface area contributed by atoms with E-state index in [1.165, 1.54) is 11.3 Å². The van der Waals surface area contributed by atoms with Crippen molar-refractivity contribution in [1.29, 1.82) is 0 Å². The van der Waals surface area contributed by atoms with Crippen molar-refractivity contribution in [2.24, 2.45) is 0 Å². The molecule has 3 heteroatoms. The number of rotatable bonds is 6. The largest absolute Gasteiger partial charge is 0.481 e. The fourth-order valence-corrected chi connectivity index (χ4v) is 2.33. The average molecular weight is 212 g/mol. The van der Waals surface area contributed by atoms with Crippen LogP contribution < -0.4 is 0 Å². The van der Waals surface area contributed by atoms with Gasteiger partial charge in [-0.15, -0.1) is 11.3 Å². The van der Waals surface area contributed by atoms with Crippen molar-refractivity contribution in [3.8, 4) is 0 Å². The van der Waals surface area contributed by atoms with Crippen LogP contribution in [0.15, 0.2) is 17.5 Å². The smallest absolute Gasteiger partial charge is 0.311 e. The van der Waals surface area contributed by atoms with Crippen LogP contribution in [0.3, 0.4) is 0 Å². The van der Waals surface area contributed by atoms with Crippen molar-refractivity contribution in [3.63, 3.8) is 0 Å². The minimum Gasteiger partial charge on any atom is -0.481 e. The van der Waals surface area contributed by atoms with Crippen molar-refractivity contribution in [3.05, 3.63) is 22.4 Å². The van der Waals surface area contributed by atoms with E-state index in [2.05, 4.69) is 6.92 Å². The predicted octanol–water partition coefficient (Wildman–Crippen LogP) is 3.50. The van der Waals surface area contributed by atoms with E-state index in [0.29, 0.717) is 0 Å². The fourth-order valence-electron chi connectivity index (χ4n) is 1.48. The Morgan fingerprint density at radius 3 is 2.86 bits per heavy atom. The van der Waals surface area contributed by atoms with E-state index >= 15 is 0 Å². The summed E-state index contributed by atoms with van der Waals surface area (Å²) in [7, 11) is 0. The molecule has 1 rings (SSSR count). The third-order valence-electron chi connectivity index (χ3n) is 2.28. The summed E-state index contributed by atoms with van der Waals surface area (Å²) in [6, 6.07) is 3.82. The zero-order chi connectivity index (χ0) is 10.4. The Hall–Kier alpha value is -0.830. The molecule has 0 saturated carbocycles. The zero-order valence-electron chi connectivity index (χ0n) is 8.40. The molecule has 1 aromatic rings. The number of carboxylic acid groups (broad SMARTS) is 1. The SMILES string of the molecule is CCCCCC(C(=O)O)c1cccs1. The van der Waals surface area contributed by atoms with Crippen LogP contribution in [0.1, 0.15) is 43.4 Å². The van der Waals surface area contributed by atoms with Gasteiger partial charge in [-0.1, -0.05) is 32.3 Å². The fraction of sp³-hybridized carbons (Fsp3) is 0.545. The van der Waals surface area contributed by atoms with Gasteiger partial charge in [-0.25, -0.2) is 0 Å². The molecule has 14 heavy (non-hydrogen) atoms. The topological polar surface area (TPSA) is 37.3 Å². The van der Waals surface area contributed by atoms with Crippen molar-refractivity contribution in [2.45, 2.75) is 38.5 Å². The molecule has 0 saturated heterocycles. The van der Waals surface area contributed by atoms with Gasteiger partial charge < -0.3 is 5.11 Å². The highest BCUT2D eigenvalue weighted by Gasteiger charge is 2.19. The Morgan fingerprint density at radius 1 is 1.57 bits per heavy atom. The highest BCUT2D eigenvalue weighted by atomic mass is 32.1. The molecular formula is C11H16O2S. The third-order valence-corrected chi connectivity index (χ3v) is 3.27. The summed E-state index contributed by atoms with van der Waals surface area (Å²) in [4.78, 5) is 12.0. The minimum atomic E-state index is -0.691. The van der Waals surface area contributed by atoms with Crippen molar-refractivity contribution >= 4 is 17.3 Å². The van der Waals surface area contributed by atoms with Gasteiger partial charge in [-0.05, 0) is 17.9 Å². The lowest BCUT2D eigenvalue weighted by atomic mass is 10.00. The molecule has 0 bridgehead atoms. The highest BCUT2D eigenvalue weighted by molar-refractivity contribution is 7.10. The van der Waals surface area contributed by atoms with E-state index in [9.17, 15) is 4.79 Å². The van der Waals surface area contributed by atoms with Gasteiger partial charge in [0.2, 0.25) is 0 Å². The lowest BCUT2D eigenvalue weighted by molar-refractivity contribution is -0.138. The second-order valence-electron chi connectivity index (χ2n) is 3.40. The Labute approximate surface area is 88.6 Å². The van der Waals surface area contributed by atoms with Gasteiger partial charge in [-0.3, -0.25) is 4.79 Å². The summed E-state index contributed by atoms with van der Waals surface area (Å²) in [6.07, 6.45) is 4.03. The first-order valence-electron chi connectivity index (χ1n) is 5.02. The van der Waals surface area contributed by atoms with E-state index in [1.807, 2.05) is 17.5 Å². The standard InChI is InChI=1S/C11H16O2S/c1-2-3-4-6-9(11(12)13)10-7-5-8-14-10/h5,7-9H,2-4,6H2,1H3,(H,12,13). The molecule has 78 valence electrons. The maximum atomic E-state index is 11.0. The molecule has 0 radical (unpaired) electrons. The van der Waals surface area contributed by atoms with Crippen LogP contribution in [-0.4, -0.2) is 11.1 Å². The molecule has 1 aromatic heterocycles. The Kier molecular flexibility index (Phi) is 4.66. The molecule has 1 unspecified atom stereocenters. The van der Waals surface area contributed by atoms with Gasteiger partial charge in [0.25, 0.3) is 0 Å². The summed E-state index contributed by atoms with van der Waals surface area (Å²) in [5.74, 6) is -0.981. The number of hydrogen-bond donors (Lipinski definition) is 1. The molecule has 0 amide bonds. The van der Waals surface area contributed by atoms with Gasteiger partial charge in [-0.2, -0.15) is 0 Å². The Morgan fingerprint density at radius 2 is 2.36 bits per heavy atom. The van der Waals surface area contributed by atoms with Gasteiger partial charge in [0.05, 0.1) is 5.92 Å². The first kappa shape index (κ1) is 11.2. The quantitative estimate of drug-likeness (QED) is 0.733. The average Bonchev–Trinajstić information content (AvgIpc) is 2.64. The molecule has 0 fully saturated rings. The summed E-state index contributed by atoms with van der Waals surface area (Å²) >= 11 is 1.54. The van der Waals surface area contributed by atoms with Crippen molar-refractivity contribution in [1.82, 2.24) is 0 Å². The van der Waals surface area contributed by atoms with E-state index < -0.39 is 5.97 Å². The van der Waals surface area contributed by atoms with Crippen LogP contribution in [-0.2, 0) is 4.79 Å². The highest BCUT2D eigenvalue weighted by Crippen LogP contribution is 2.26. The molecule has 1 N–H and O–H groups in total. The molecule has 0 aliphatic rings. The first-order chi connectivity index (χ1) is 6.75. The summed E-state index contributed by atoms with van der Waals surface area (Å²) in [6.45, 7) is 2.13. The number of unbranched alkanes of at least 4 members (excludes halogenated alkanes) is 2. The van der Waals surface area contributed by atoms with E-state index in [1.54, 1.807) is 0 Å². The number of thiophene rings is 1. The van der Waals surface area contributed by atoms with Crippen LogP contribution >= 0.6 is 11.3 Å². The summed E-state index contributed by atoms with van der Waals surface area (Å²) in [5, 5.41) is 11.0. The van der Waals surface area contributed by atoms with Gasteiger partial charge in [0.1, 0.15) is 0 Å². The zero-order valence-corrected chi connectivity index (χ0v) is 9.22. The van der Waals surface area contributed by atoms with Crippen molar-refractivity contribution in [2.75, 3.05) is 0 Å². The minimum absolute atomic E-state index is 0.290. The number of carbonyl (C=O) groups is 1. The molecule has 0 spiro atoms. The van der Waals surface area contributed by atoms with Crippen LogP contribution in [0.25, 0.3) is 0 Å². The molecule has 0 aliphatic heterocycles. The van der Waals surface area contributed by atoms with Crippen LogP contribution in [0.2, 0.25) is 0 Å². The molecule has 2 nitrogen and oxygen atoms in total. The number of carboxylic acids is 1. The summed E-state index contributed by atoms with van der Waals surface area (Å²) < 4.78 is 0. The molecule has 1 atom stereocenters. The number of hydrogen-bond acceptors (Lipinski definition) is 2. The summed E-state index contributed by atoms with van der Waals surface area (Å²) in [5.41, 5.74) is 0. The molecule has 0 aliphatic carbocycles. The van der Waals surface area contributed by atoms with Crippen LogP contribution in [0.4, 0.5) is 0 Å². The monoisotopic (exact) mass is 212 g/mol. The van der Waals surface area contributed by atoms with Crippen LogP contribution in [0.5, 0.6) is 0 Å². The van der Waals surface area contributed by atoms with Gasteiger partial charge in [0, 0.05) is 4.88 Å². The molecular weight excluding hydrogens is 196 g/mol. The maximum absolute atomic E-state index is 11.0. The Balaban J connectivity index is 2.52. The normalized spacial score (nSPS) is 12.6. The Bertz CT molecular complexity index is 267. The third kappa shape index (κ3) is 3.14. The van der Waals surface area contributed by atoms with E-state index in [-0.39, 0.29) is 5.92 Å². The molecule has 1 heterocycles. The van der Waals surface area contributed by atoms with E-state index in [0.717, 1.165) is 30.6 Å². The van der Waals surface area contributed by atoms with Crippen LogP contribution in [0, 0.1) is 0 Å². The molecule has 0 aromatic carbocycles.